The Morgan fingerprint density at radius 1 is 1.34 bits per heavy atom. The van der Waals surface area contributed by atoms with E-state index in [-0.39, 0.29) is 47.7 Å². The van der Waals surface area contributed by atoms with Crippen molar-refractivity contribution >= 4 is 36.0 Å². The number of nitrogens with one attached hydrogen (secondary N) is 1. The Morgan fingerprint density at radius 3 is 2.76 bits per heavy atom. The minimum absolute atomic E-state index is 0. The molecule has 9 heteroatoms. The summed E-state index contributed by atoms with van der Waals surface area (Å²) in [5.41, 5.74) is 0.319. The number of amides is 1. The molecule has 162 valence electrons. The second kappa shape index (κ2) is 9.82. The van der Waals surface area contributed by atoms with Crippen molar-refractivity contribution in [2.45, 2.75) is 45.9 Å². The van der Waals surface area contributed by atoms with Gasteiger partial charge >= 0.3 is 6.09 Å². The lowest BCUT2D eigenvalue weighted by Gasteiger charge is -2.39. The zero-order valence-electron chi connectivity index (χ0n) is 17.4. The van der Waals surface area contributed by atoms with E-state index in [1.165, 1.54) is 6.07 Å². The summed E-state index contributed by atoms with van der Waals surface area (Å²) in [6.45, 7) is 10.8. The molecule has 1 aromatic carbocycles. The molecule has 0 radical (unpaired) electrons. The van der Waals surface area contributed by atoms with Crippen molar-refractivity contribution in [2.24, 2.45) is 4.99 Å². The highest BCUT2D eigenvalue weighted by Crippen LogP contribution is 2.20. The van der Waals surface area contributed by atoms with Crippen LogP contribution in [0.1, 0.15) is 33.3 Å². The van der Waals surface area contributed by atoms with E-state index in [2.05, 4.69) is 15.2 Å². The van der Waals surface area contributed by atoms with Gasteiger partial charge in [0.25, 0.3) is 0 Å². The number of aliphatic imine (C=N–C) groups is 1. The first-order valence-electron chi connectivity index (χ1n) is 9.71. The molecule has 2 heterocycles. The molecule has 1 N–H and O–H groups in total. The smallest absolute Gasteiger partial charge is 0.410 e. The van der Waals surface area contributed by atoms with Crippen LogP contribution in [0.4, 0.5) is 9.18 Å². The predicted molar refractivity (Wildman–Crippen MR) is 120 cm³/mol. The average molecular weight is 520 g/mol. The largest absolute Gasteiger partial charge is 0.491 e. The van der Waals surface area contributed by atoms with Crippen LogP contribution < -0.4 is 10.1 Å². The van der Waals surface area contributed by atoms with Gasteiger partial charge in [0.05, 0.1) is 19.2 Å². The number of guanidine groups is 1. The Hall–Kier alpha value is -1.78. The minimum atomic E-state index is -0.500. The molecule has 2 aliphatic rings. The van der Waals surface area contributed by atoms with Crippen LogP contribution in [0.2, 0.25) is 0 Å². The fourth-order valence-electron chi connectivity index (χ4n) is 3.33. The van der Waals surface area contributed by atoms with Crippen LogP contribution in [-0.2, 0) is 11.3 Å². The Kier molecular flexibility index (Phi) is 7.95. The Morgan fingerprint density at radius 2 is 2.10 bits per heavy atom. The molecule has 7 nitrogen and oxygen atoms in total. The number of carbonyl (C=O) groups excluding carboxylic acids is 1. The fourth-order valence-corrected chi connectivity index (χ4v) is 3.33. The molecule has 0 saturated carbocycles. The lowest BCUT2D eigenvalue weighted by molar-refractivity contribution is 0.0137. The molecule has 1 atom stereocenters. The summed E-state index contributed by atoms with van der Waals surface area (Å²) in [5.74, 6) is 0.698. The Labute approximate surface area is 188 Å². The molecule has 1 fully saturated rings. The normalized spacial score (nSPS) is 18.5. The molecule has 1 aromatic rings. The Bertz CT molecular complexity index is 754. The highest BCUT2D eigenvalue weighted by Gasteiger charge is 2.36. The standard InChI is InChI=1S/C20H29FN4O3.HI/c1-5-27-17-7-6-14(10-16(17)21)11-22-18-23-12-15-13-24(8-9-25(15)18)19(26)28-20(2,3)4;/h6-7,10,15H,5,8-9,11-13H2,1-4H3,(H,22,23);1H. The zero-order valence-corrected chi connectivity index (χ0v) is 19.7. The van der Waals surface area contributed by atoms with Crippen molar-refractivity contribution in [3.05, 3.63) is 29.6 Å². The van der Waals surface area contributed by atoms with Gasteiger partial charge in [0.2, 0.25) is 0 Å². The quantitative estimate of drug-likeness (QED) is 0.618. The molecule has 0 aliphatic carbocycles. The number of hydrogen-bond acceptors (Lipinski definition) is 6. The second-order valence-electron chi connectivity index (χ2n) is 7.99. The molecule has 0 aromatic heterocycles. The summed E-state index contributed by atoms with van der Waals surface area (Å²) < 4.78 is 24.7. The third kappa shape index (κ3) is 6.10. The number of ether oxygens (including phenoxy) is 2. The van der Waals surface area contributed by atoms with Gasteiger partial charge in [0, 0.05) is 26.2 Å². The molecule has 2 aliphatic heterocycles. The maximum Gasteiger partial charge on any atom is 0.410 e. The SMILES string of the molecule is CCOc1ccc(CNC2=NCC3CN(C(=O)OC(C)(C)C)CCN23)cc1F.I. The Balaban J connectivity index is 0.00000300. The number of rotatable bonds is 4. The molecule has 0 spiro atoms. The first kappa shape index (κ1) is 23.5. The maximum atomic E-state index is 14.0. The third-order valence-corrected chi connectivity index (χ3v) is 4.61. The van der Waals surface area contributed by atoms with E-state index in [4.69, 9.17) is 9.47 Å². The minimum Gasteiger partial charge on any atom is -0.491 e. The van der Waals surface area contributed by atoms with Crippen LogP contribution in [0.5, 0.6) is 5.75 Å². The highest BCUT2D eigenvalue weighted by atomic mass is 127. The second-order valence-corrected chi connectivity index (χ2v) is 7.99. The first-order chi connectivity index (χ1) is 13.3. The van der Waals surface area contributed by atoms with Gasteiger partial charge in [-0.25, -0.2) is 9.18 Å². The van der Waals surface area contributed by atoms with Crippen molar-refractivity contribution in [1.29, 1.82) is 0 Å². The molecule has 0 bridgehead atoms. The van der Waals surface area contributed by atoms with E-state index >= 15 is 0 Å². The number of benzene rings is 1. The number of nitrogens with zero attached hydrogens (tertiary/aromatic N) is 3. The van der Waals surface area contributed by atoms with E-state index in [0.717, 1.165) is 11.5 Å². The van der Waals surface area contributed by atoms with Crippen molar-refractivity contribution in [1.82, 2.24) is 15.1 Å². The van der Waals surface area contributed by atoms with Gasteiger partial charge in [0.1, 0.15) is 5.60 Å². The fraction of sp³-hybridized carbons (Fsp3) is 0.600. The monoisotopic (exact) mass is 520 g/mol. The number of hydrogen-bond donors (Lipinski definition) is 1. The van der Waals surface area contributed by atoms with Crippen molar-refractivity contribution in [3.8, 4) is 5.75 Å². The number of halogens is 2. The van der Waals surface area contributed by atoms with Crippen LogP contribution in [0.25, 0.3) is 0 Å². The first-order valence-corrected chi connectivity index (χ1v) is 9.71. The van der Waals surface area contributed by atoms with Gasteiger partial charge in [0.15, 0.2) is 17.5 Å². The summed E-state index contributed by atoms with van der Waals surface area (Å²) >= 11 is 0. The van der Waals surface area contributed by atoms with Gasteiger partial charge < -0.3 is 24.6 Å². The molecule has 1 unspecified atom stereocenters. The van der Waals surface area contributed by atoms with Crippen LogP contribution in [0.3, 0.4) is 0 Å². The van der Waals surface area contributed by atoms with E-state index in [9.17, 15) is 9.18 Å². The van der Waals surface area contributed by atoms with E-state index < -0.39 is 5.60 Å². The predicted octanol–water partition coefficient (Wildman–Crippen LogP) is 3.22. The highest BCUT2D eigenvalue weighted by molar-refractivity contribution is 14.0. The molecule has 1 amide bonds. The molecular weight excluding hydrogens is 490 g/mol. The van der Waals surface area contributed by atoms with Gasteiger partial charge in [-0.15, -0.1) is 24.0 Å². The molecule has 1 saturated heterocycles. The number of fused-ring (bicyclic) bond motifs is 1. The summed E-state index contributed by atoms with van der Waals surface area (Å²) in [6.07, 6.45) is -0.279. The summed E-state index contributed by atoms with van der Waals surface area (Å²) in [4.78, 5) is 20.8. The maximum absolute atomic E-state index is 14.0. The zero-order chi connectivity index (χ0) is 20.3. The van der Waals surface area contributed by atoms with Crippen LogP contribution >= 0.6 is 24.0 Å². The molecule has 29 heavy (non-hydrogen) atoms. The van der Waals surface area contributed by atoms with Gasteiger partial charge in [-0.1, -0.05) is 6.07 Å². The lowest BCUT2D eigenvalue weighted by atomic mass is 10.2. The van der Waals surface area contributed by atoms with E-state index in [1.807, 2.05) is 33.8 Å². The van der Waals surface area contributed by atoms with Gasteiger partial charge in [-0.05, 0) is 45.4 Å². The van der Waals surface area contributed by atoms with Crippen LogP contribution in [0, 0.1) is 5.82 Å². The lowest BCUT2D eigenvalue weighted by Crippen LogP contribution is -2.57. The van der Waals surface area contributed by atoms with E-state index in [1.54, 1.807) is 11.0 Å². The number of carbonyl (C=O) groups is 1. The van der Waals surface area contributed by atoms with Crippen molar-refractivity contribution in [2.75, 3.05) is 32.8 Å². The summed E-state index contributed by atoms with van der Waals surface area (Å²) in [7, 11) is 0. The van der Waals surface area contributed by atoms with Crippen LogP contribution in [-0.4, -0.2) is 66.3 Å². The summed E-state index contributed by atoms with van der Waals surface area (Å²) in [6, 6.07) is 5.11. The van der Waals surface area contributed by atoms with E-state index in [0.29, 0.717) is 39.3 Å². The summed E-state index contributed by atoms with van der Waals surface area (Å²) in [5, 5.41) is 3.29. The molecule has 3 rings (SSSR count). The van der Waals surface area contributed by atoms with Crippen molar-refractivity contribution in [3.63, 3.8) is 0 Å². The van der Waals surface area contributed by atoms with Gasteiger partial charge in [-0.2, -0.15) is 0 Å². The number of piperazine rings is 1. The average Bonchev–Trinajstić information content (AvgIpc) is 3.03. The van der Waals surface area contributed by atoms with Crippen molar-refractivity contribution < 1.29 is 18.7 Å². The topological polar surface area (TPSA) is 66.4 Å². The third-order valence-electron chi connectivity index (χ3n) is 4.61. The molecular formula is C20H30FIN4O3. The van der Waals surface area contributed by atoms with Gasteiger partial charge in [-0.3, -0.25) is 4.99 Å². The van der Waals surface area contributed by atoms with Crippen LogP contribution in [0.15, 0.2) is 23.2 Å².